The zero-order valence-corrected chi connectivity index (χ0v) is 14.6. The monoisotopic (exact) mass is 361 g/mol. The molecule has 0 unspecified atom stereocenters. The van der Waals surface area contributed by atoms with Crippen LogP contribution in [-0.4, -0.2) is 29.4 Å². The molecule has 0 saturated carbocycles. The molecular formula is C12H17BrClN3OSi. The van der Waals surface area contributed by atoms with Crippen molar-refractivity contribution in [2.75, 3.05) is 6.61 Å². The summed E-state index contributed by atoms with van der Waals surface area (Å²) in [7, 11) is -1.05. The summed E-state index contributed by atoms with van der Waals surface area (Å²) in [5, 5.41) is 5.60. The summed E-state index contributed by atoms with van der Waals surface area (Å²) in [5.74, 6) is 0. The van der Waals surface area contributed by atoms with Gasteiger partial charge in [0.05, 0.1) is 21.6 Å². The smallest absolute Gasteiger partial charge is 0.140 e. The molecule has 0 aliphatic heterocycles. The molecule has 0 spiro atoms. The number of aromatic nitrogens is 3. The molecule has 2 aromatic heterocycles. The van der Waals surface area contributed by atoms with Crippen molar-refractivity contribution in [3.8, 4) is 0 Å². The third kappa shape index (κ3) is 3.78. The molecule has 0 radical (unpaired) electrons. The fraction of sp³-hybridized carbons (Fsp3) is 0.500. The van der Waals surface area contributed by atoms with Crippen LogP contribution < -0.4 is 0 Å². The maximum absolute atomic E-state index is 6.04. The van der Waals surface area contributed by atoms with Crippen molar-refractivity contribution >= 4 is 46.5 Å². The second-order valence-electron chi connectivity index (χ2n) is 5.65. The van der Waals surface area contributed by atoms with E-state index in [1.807, 2.05) is 0 Å². The lowest BCUT2D eigenvalue weighted by Crippen LogP contribution is -2.22. The Hall–Kier alpha value is -0.433. The SMILES string of the molecule is C[Si](C)(C)CCOCn1ncc2c(Cl)ncc(Br)c21. The number of hydrogen-bond donors (Lipinski definition) is 0. The van der Waals surface area contributed by atoms with Crippen molar-refractivity contribution in [1.29, 1.82) is 0 Å². The first-order valence-corrected chi connectivity index (χ1v) is 11.0. The van der Waals surface area contributed by atoms with Crippen LogP contribution in [0.1, 0.15) is 0 Å². The average molecular weight is 363 g/mol. The average Bonchev–Trinajstić information content (AvgIpc) is 2.73. The van der Waals surface area contributed by atoms with E-state index >= 15 is 0 Å². The molecule has 7 heteroatoms. The minimum absolute atomic E-state index is 0.437. The first-order valence-electron chi connectivity index (χ1n) is 6.12. The summed E-state index contributed by atoms with van der Waals surface area (Å²) in [4.78, 5) is 4.08. The first-order chi connectivity index (χ1) is 8.88. The molecule has 0 amide bonds. The minimum atomic E-state index is -1.05. The first kappa shape index (κ1) is 15.0. The zero-order chi connectivity index (χ0) is 14.0. The van der Waals surface area contributed by atoms with Crippen LogP contribution in [-0.2, 0) is 11.5 Å². The van der Waals surface area contributed by atoms with E-state index in [4.69, 9.17) is 16.3 Å². The maximum Gasteiger partial charge on any atom is 0.140 e. The number of nitrogens with zero attached hydrogens (tertiary/aromatic N) is 3. The Morgan fingerprint density at radius 3 is 2.79 bits per heavy atom. The molecule has 0 aromatic carbocycles. The molecule has 0 fully saturated rings. The molecule has 19 heavy (non-hydrogen) atoms. The maximum atomic E-state index is 6.04. The molecule has 0 aliphatic rings. The van der Waals surface area contributed by atoms with Crippen LogP contribution in [0.2, 0.25) is 30.8 Å². The van der Waals surface area contributed by atoms with Gasteiger partial charge in [-0.05, 0) is 22.0 Å². The van der Waals surface area contributed by atoms with Gasteiger partial charge in [0.2, 0.25) is 0 Å². The predicted molar refractivity (Wildman–Crippen MR) is 84.3 cm³/mol. The Morgan fingerprint density at radius 2 is 2.11 bits per heavy atom. The second kappa shape index (κ2) is 5.91. The Labute approximate surface area is 127 Å². The second-order valence-corrected chi connectivity index (χ2v) is 12.5. The summed E-state index contributed by atoms with van der Waals surface area (Å²) in [5.41, 5.74) is 0.924. The van der Waals surface area contributed by atoms with E-state index in [0.29, 0.717) is 11.9 Å². The molecule has 4 nitrogen and oxygen atoms in total. The topological polar surface area (TPSA) is 39.9 Å². The van der Waals surface area contributed by atoms with Crippen LogP contribution in [0.3, 0.4) is 0 Å². The summed E-state index contributed by atoms with van der Waals surface area (Å²) < 4.78 is 8.38. The number of ether oxygens (including phenoxy) is 1. The van der Waals surface area contributed by atoms with Crippen LogP contribution >= 0.6 is 27.5 Å². The Kier molecular flexibility index (Phi) is 4.65. The molecule has 0 saturated heterocycles. The van der Waals surface area contributed by atoms with E-state index in [9.17, 15) is 0 Å². The third-order valence-electron chi connectivity index (χ3n) is 2.79. The highest BCUT2D eigenvalue weighted by Crippen LogP contribution is 2.27. The van der Waals surface area contributed by atoms with E-state index in [0.717, 1.165) is 28.0 Å². The highest BCUT2D eigenvalue weighted by molar-refractivity contribution is 9.10. The zero-order valence-electron chi connectivity index (χ0n) is 11.3. The lowest BCUT2D eigenvalue weighted by atomic mass is 10.3. The molecule has 104 valence electrons. The van der Waals surface area contributed by atoms with Gasteiger partial charge in [-0.1, -0.05) is 31.2 Å². The number of rotatable bonds is 5. The number of pyridine rings is 1. The van der Waals surface area contributed by atoms with Crippen molar-refractivity contribution in [2.24, 2.45) is 0 Å². The highest BCUT2D eigenvalue weighted by Gasteiger charge is 2.13. The van der Waals surface area contributed by atoms with Gasteiger partial charge in [-0.2, -0.15) is 5.10 Å². The van der Waals surface area contributed by atoms with Crippen LogP contribution in [0.5, 0.6) is 0 Å². The van der Waals surface area contributed by atoms with Gasteiger partial charge in [0.25, 0.3) is 0 Å². The Morgan fingerprint density at radius 1 is 1.37 bits per heavy atom. The molecule has 2 aromatic rings. The van der Waals surface area contributed by atoms with Crippen LogP contribution in [0.25, 0.3) is 10.9 Å². The standard InChI is InChI=1S/C12H17BrClN3OSi/c1-19(2,3)5-4-18-8-17-11-9(6-16-17)12(14)15-7-10(11)13/h6-7H,4-5,8H2,1-3H3. The van der Waals surface area contributed by atoms with Crippen molar-refractivity contribution in [1.82, 2.24) is 14.8 Å². The van der Waals surface area contributed by atoms with Crippen LogP contribution in [0.15, 0.2) is 16.9 Å². The van der Waals surface area contributed by atoms with Gasteiger partial charge in [0.15, 0.2) is 0 Å². The van der Waals surface area contributed by atoms with Crippen molar-refractivity contribution in [3.05, 3.63) is 22.0 Å². The largest absolute Gasteiger partial charge is 0.360 e. The van der Waals surface area contributed by atoms with Gasteiger partial charge in [-0.3, -0.25) is 0 Å². The summed E-state index contributed by atoms with van der Waals surface area (Å²) in [6, 6.07) is 1.15. The van der Waals surface area contributed by atoms with Crippen molar-refractivity contribution < 1.29 is 4.74 Å². The quantitative estimate of drug-likeness (QED) is 0.455. The van der Waals surface area contributed by atoms with E-state index in [-0.39, 0.29) is 0 Å². The van der Waals surface area contributed by atoms with Gasteiger partial charge in [-0.25, -0.2) is 9.67 Å². The third-order valence-corrected chi connectivity index (χ3v) is 5.37. The molecule has 0 atom stereocenters. The number of halogens is 2. The van der Waals surface area contributed by atoms with Crippen LogP contribution in [0, 0.1) is 0 Å². The molecule has 2 rings (SSSR count). The minimum Gasteiger partial charge on any atom is -0.360 e. The normalized spacial score (nSPS) is 12.3. The molecule has 0 aliphatic carbocycles. The Balaban J connectivity index is 2.08. The molecule has 2 heterocycles. The van der Waals surface area contributed by atoms with E-state index in [1.165, 1.54) is 0 Å². The predicted octanol–water partition coefficient (Wildman–Crippen LogP) is 4.16. The van der Waals surface area contributed by atoms with Crippen LogP contribution in [0.4, 0.5) is 0 Å². The van der Waals surface area contributed by atoms with Gasteiger partial charge in [0.1, 0.15) is 11.9 Å². The fourth-order valence-corrected chi connectivity index (χ4v) is 3.12. The van der Waals surface area contributed by atoms with Crippen molar-refractivity contribution in [3.63, 3.8) is 0 Å². The van der Waals surface area contributed by atoms with Crippen molar-refractivity contribution in [2.45, 2.75) is 32.4 Å². The lowest BCUT2D eigenvalue weighted by molar-refractivity contribution is 0.0816. The summed E-state index contributed by atoms with van der Waals surface area (Å²) in [6.07, 6.45) is 3.40. The van der Waals surface area contributed by atoms with Gasteiger partial charge < -0.3 is 4.74 Å². The van der Waals surface area contributed by atoms with Gasteiger partial charge >= 0.3 is 0 Å². The Bertz CT molecular complexity index is 582. The van der Waals surface area contributed by atoms with Gasteiger partial charge in [0, 0.05) is 20.9 Å². The molecule has 0 N–H and O–H groups in total. The number of hydrogen-bond acceptors (Lipinski definition) is 3. The molecule has 0 bridgehead atoms. The lowest BCUT2D eigenvalue weighted by Gasteiger charge is -2.15. The van der Waals surface area contributed by atoms with E-state index in [1.54, 1.807) is 17.1 Å². The summed E-state index contributed by atoms with van der Waals surface area (Å²) >= 11 is 9.51. The molecular weight excluding hydrogens is 346 g/mol. The highest BCUT2D eigenvalue weighted by atomic mass is 79.9. The number of fused-ring (bicyclic) bond motifs is 1. The fourth-order valence-electron chi connectivity index (χ4n) is 1.66. The van der Waals surface area contributed by atoms with Gasteiger partial charge in [-0.15, -0.1) is 0 Å². The summed E-state index contributed by atoms with van der Waals surface area (Å²) in [6.45, 7) is 8.21. The van der Waals surface area contributed by atoms with E-state index < -0.39 is 8.07 Å². The van der Waals surface area contributed by atoms with E-state index in [2.05, 4.69) is 45.7 Å².